The van der Waals surface area contributed by atoms with E-state index >= 15 is 0 Å². The Morgan fingerprint density at radius 1 is 1.15 bits per heavy atom. The average molecular weight is 364 g/mol. The van der Waals surface area contributed by atoms with Crippen molar-refractivity contribution in [3.8, 4) is 5.82 Å². The van der Waals surface area contributed by atoms with Crippen molar-refractivity contribution < 1.29 is 9.32 Å². The molecule has 0 aliphatic heterocycles. The highest BCUT2D eigenvalue weighted by atomic mass is 16.5. The molecule has 1 aromatic carbocycles. The SMILES string of the molecule is O=C(Cc1noc2ccccc12)NCCn1nc(-n2cccn2)ccc1=O. The largest absolute Gasteiger partial charge is 0.356 e. The lowest BCUT2D eigenvalue weighted by Gasteiger charge is -2.08. The zero-order valence-electron chi connectivity index (χ0n) is 14.3. The van der Waals surface area contributed by atoms with Gasteiger partial charge in [-0.2, -0.15) is 5.10 Å². The van der Waals surface area contributed by atoms with Crippen LogP contribution in [0.25, 0.3) is 16.8 Å². The fraction of sp³-hybridized carbons (Fsp3) is 0.167. The Morgan fingerprint density at radius 2 is 2.04 bits per heavy atom. The zero-order chi connectivity index (χ0) is 18.6. The molecule has 0 radical (unpaired) electrons. The standard InChI is InChI=1S/C18H16N6O3/c25-17(12-14-13-4-1-2-5-15(13)27-22-14)19-9-11-24-18(26)7-6-16(21-24)23-10-3-8-20-23/h1-8,10H,9,11-12H2,(H,19,25). The van der Waals surface area contributed by atoms with Crippen molar-refractivity contribution in [2.24, 2.45) is 0 Å². The fourth-order valence-electron chi connectivity index (χ4n) is 2.71. The summed E-state index contributed by atoms with van der Waals surface area (Å²) in [5, 5.41) is 15.9. The summed E-state index contributed by atoms with van der Waals surface area (Å²) in [7, 11) is 0. The average Bonchev–Trinajstić information content (AvgIpc) is 3.34. The van der Waals surface area contributed by atoms with E-state index in [-0.39, 0.29) is 31.0 Å². The van der Waals surface area contributed by atoms with Gasteiger partial charge < -0.3 is 9.84 Å². The summed E-state index contributed by atoms with van der Waals surface area (Å²) in [6.07, 6.45) is 3.47. The lowest BCUT2D eigenvalue weighted by atomic mass is 10.1. The smallest absolute Gasteiger partial charge is 0.266 e. The van der Waals surface area contributed by atoms with E-state index in [1.54, 1.807) is 35.3 Å². The first-order chi connectivity index (χ1) is 13.2. The number of rotatable bonds is 6. The van der Waals surface area contributed by atoms with E-state index in [0.29, 0.717) is 17.1 Å². The Kier molecular flexibility index (Phi) is 4.48. The minimum absolute atomic E-state index is 0.104. The van der Waals surface area contributed by atoms with E-state index in [2.05, 4.69) is 20.7 Å². The summed E-state index contributed by atoms with van der Waals surface area (Å²) < 4.78 is 8.05. The van der Waals surface area contributed by atoms with E-state index in [1.165, 1.54) is 10.7 Å². The van der Waals surface area contributed by atoms with Crippen molar-refractivity contribution in [3.05, 3.63) is 70.9 Å². The second-order valence-corrected chi connectivity index (χ2v) is 5.86. The molecule has 0 unspecified atom stereocenters. The van der Waals surface area contributed by atoms with E-state index in [1.807, 2.05) is 18.2 Å². The molecule has 3 heterocycles. The van der Waals surface area contributed by atoms with Crippen LogP contribution >= 0.6 is 0 Å². The quantitative estimate of drug-likeness (QED) is 0.545. The Labute approximate surface area is 153 Å². The van der Waals surface area contributed by atoms with E-state index in [0.717, 1.165) is 5.39 Å². The number of nitrogens with zero attached hydrogens (tertiary/aromatic N) is 5. The van der Waals surface area contributed by atoms with Crippen molar-refractivity contribution >= 4 is 16.9 Å². The van der Waals surface area contributed by atoms with Crippen LogP contribution in [0.1, 0.15) is 5.69 Å². The van der Waals surface area contributed by atoms with E-state index < -0.39 is 0 Å². The van der Waals surface area contributed by atoms with Gasteiger partial charge in [-0.1, -0.05) is 17.3 Å². The zero-order valence-corrected chi connectivity index (χ0v) is 14.3. The molecule has 0 saturated carbocycles. The predicted molar refractivity (Wildman–Crippen MR) is 96.3 cm³/mol. The molecule has 27 heavy (non-hydrogen) atoms. The summed E-state index contributed by atoms with van der Waals surface area (Å²) >= 11 is 0. The molecule has 4 aromatic rings. The van der Waals surface area contributed by atoms with E-state index in [9.17, 15) is 9.59 Å². The van der Waals surface area contributed by atoms with Crippen LogP contribution in [0.15, 0.2) is 64.2 Å². The number of benzene rings is 1. The summed E-state index contributed by atoms with van der Waals surface area (Å²) in [6.45, 7) is 0.517. The van der Waals surface area contributed by atoms with Crippen LogP contribution < -0.4 is 10.9 Å². The van der Waals surface area contributed by atoms with Crippen LogP contribution in [-0.2, 0) is 17.8 Å². The third-order valence-corrected chi connectivity index (χ3v) is 4.02. The summed E-state index contributed by atoms with van der Waals surface area (Å²) in [5.74, 6) is 0.324. The Hall–Kier alpha value is -3.75. The predicted octanol–water partition coefficient (Wildman–Crippen LogP) is 0.929. The van der Waals surface area contributed by atoms with Crippen LogP contribution in [0.2, 0.25) is 0 Å². The molecule has 136 valence electrons. The van der Waals surface area contributed by atoms with Gasteiger partial charge in [0.25, 0.3) is 5.56 Å². The number of amides is 1. The van der Waals surface area contributed by atoms with Crippen LogP contribution in [0, 0.1) is 0 Å². The van der Waals surface area contributed by atoms with Crippen LogP contribution in [0.4, 0.5) is 0 Å². The first-order valence-electron chi connectivity index (χ1n) is 8.39. The molecule has 0 fully saturated rings. The maximum absolute atomic E-state index is 12.2. The van der Waals surface area contributed by atoms with Gasteiger partial charge in [0.15, 0.2) is 11.4 Å². The number of para-hydroxylation sites is 1. The Balaban J connectivity index is 1.37. The van der Waals surface area contributed by atoms with Gasteiger partial charge in [-0.25, -0.2) is 9.36 Å². The molecule has 3 aromatic heterocycles. The molecule has 0 aliphatic rings. The normalized spacial score (nSPS) is 11.0. The van der Waals surface area contributed by atoms with Gasteiger partial charge in [0.05, 0.1) is 13.0 Å². The molecule has 0 aliphatic carbocycles. The van der Waals surface area contributed by atoms with Crippen molar-refractivity contribution in [3.63, 3.8) is 0 Å². The van der Waals surface area contributed by atoms with Crippen molar-refractivity contribution in [1.82, 2.24) is 30.0 Å². The molecule has 0 atom stereocenters. The number of fused-ring (bicyclic) bond motifs is 1. The molecule has 0 saturated heterocycles. The molecule has 1 N–H and O–H groups in total. The second kappa shape index (κ2) is 7.24. The molecular weight excluding hydrogens is 348 g/mol. The number of nitrogens with one attached hydrogen (secondary N) is 1. The topological polar surface area (TPSA) is 108 Å². The van der Waals surface area contributed by atoms with Crippen LogP contribution in [-0.4, -0.2) is 37.2 Å². The van der Waals surface area contributed by atoms with Gasteiger partial charge >= 0.3 is 0 Å². The minimum atomic E-state index is -0.248. The first kappa shape index (κ1) is 16.7. The number of carbonyl (C=O) groups excluding carboxylic acids is 1. The highest BCUT2D eigenvalue weighted by Crippen LogP contribution is 2.17. The number of carbonyl (C=O) groups is 1. The molecule has 1 amide bonds. The molecule has 9 nitrogen and oxygen atoms in total. The lowest BCUT2D eigenvalue weighted by Crippen LogP contribution is -2.33. The van der Waals surface area contributed by atoms with Crippen molar-refractivity contribution in [1.29, 1.82) is 0 Å². The molecule has 0 spiro atoms. The third kappa shape index (κ3) is 3.61. The molecule has 4 rings (SSSR count). The third-order valence-electron chi connectivity index (χ3n) is 4.02. The number of hydrogen-bond acceptors (Lipinski definition) is 6. The Morgan fingerprint density at radius 3 is 2.89 bits per heavy atom. The van der Waals surface area contributed by atoms with Gasteiger partial charge in [-0.15, -0.1) is 5.10 Å². The molecule has 0 bridgehead atoms. The lowest BCUT2D eigenvalue weighted by molar-refractivity contribution is -0.120. The van der Waals surface area contributed by atoms with Crippen LogP contribution in [0.3, 0.4) is 0 Å². The maximum Gasteiger partial charge on any atom is 0.266 e. The van der Waals surface area contributed by atoms with Crippen LogP contribution in [0.5, 0.6) is 0 Å². The van der Waals surface area contributed by atoms with Gasteiger partial charge in [0, 0.05) is 30.4 Å². The maximum atomic E-state index is 12.2. The monoisotopic (exact) mass is 364 g/mol. The first-order valence-corrected chi connectivity index (χ1v) is 8.39. The summed E-state index contributed by atoms with van der Waals surface area (Å²) in [5.41, 5.74) is 0.980. The summed E-state index contributed by atoms with van der Waals surface area (Å²) in [4.78, 5) is 24.1. The highest BCUT2D eigenvalue weighted by molar-refractivity contribution is 5.86. The minimum Gasteiger partial charge on any atom is -0.356 e. The van der Waals surface area contributed by atoms with E-state index in [4.69, 9.17) is 4.52 Å². The van der Waals surface area contributed by atoms with Gasteiger partial charge in [0.1, 0.15) is 5.69 Å². The summed E-state index contributed by atoms with van der Waals surface area (Å²) in [6, 6.07) is 12.2. The Bertz CT molecular complexity index is 1130. The number of aromatic nitrogens is 5. The number of hydrogen-bond donors (Lipinski definition) is 1. The van der Waals surface area contributed by atoms with Crippen molar-refractivity contribution in [2.45, 2.75) is 13.0 Å². The fourth-order valence-corrected chi connectivity index (χ4v) is 2.71. The van der Waals surface area contributed by atoms with Gasteiger partial charge in [0.2, 0.25) is 5.91 Å². The second-order valence-electron chi connectivity index (χ2n) is 5.86. The molecular formula is C18H16N6O3. The van der Waals surface area contributed by atoms with Gasteiger partial charge in [-0.05, 0) is 24.3 Å². The molecule has 9 heteroatoms. The van der Waals surface area contributed by atoms with Crippen molar-refractivity contribution in [2.75, 3.05) is 6.54 Å². The highest BCUT2D eigenvalue weighted by Gasteiger charge is 2.12. The van der Waals surface area contributed by atoms with Gasteiger partial charge in [-0.3, -0.25) is 9.59 Å².